The molecule has 1 N–H and O–H groups in total. The van der Waals surface area contributed by atoms with Crippen LogP contribution in [0.4, 0.5) is 13.2 Å². The third-order valence-electron chi connectivity index (χ3n) is 1.34. The maximum absolute atomic E-state index is 11.6. The summed E-state index contributed by atoms with van der Waals surface area (Å²) in [6, 6.07) is 0. The molecule has 0 rings (SSSR count). The second-order valence-electron chi connectivity index (χ2n) is 3.21. The fourth-order valence-corrected chi connectivity index (χ4v) is 3.18. The summed E-state index contributed by atoms with van der Waals surface area (Å²) < 4.78 is 107. The molecule has 0 amide bonds. The Morgan fingerprint density at radius 1 is 0.900 bits per heavy atom. The first kappa shape index (κ1) is 21.9. The minimum atomic E-state index is -4.96. The minimum absolute atomic E-state index is 0.312. The van der Waals surface area contributed by atoms with Gasteiger partial charge in [-0.15, -0.1) is 4.13 Å². The first-order chi connectivity index (χ1) is 8.54. The third-order valence-corrected chi connectivity index (χ3v) is 5.55. The molecule has 0 heterocycles. The molecule has 0 aromatic carbocycles. The highest BCUT2D eigenvalue weighted by Gasteiger charge is 2.36. The second kappa shape index (κ2) is 7.53. The monoisotopic (exact) mass is 364 g/mol. The fourth-order valence-electron chi connectivity index (χ4n) is 0.497. The standard InChI is InChI=1S/C4H8F3NO4S2.C2H6O3S/c1-2-13(9,10)8-14(11,12)3-4(5,6)7;1-2-6(3,4)5/h8H,2-3H2,1H3;2H2,1H3,(H,3,4,5)/p-1. The summed E-state index contributed by atoms with van der Waals surface area (Å²) in [5.41, 5.74) is 0. The smallest absolute Gasteiger partial charge is 0.404 e. The summed E-state index contributed by atoms with van der Waals surface area (Å²) in [5, 5.41) is 0. The molecule has 0 aromatic rings. The molecule has 0 spiro atoms. The van der Waals surface area contributed by atoms with Crippen molar-refractivity contribution in [3.05, 3.63) is 0 Å². The van der Waals surface area contributed by atoms with Gasteiger partial charge in [-0.1, -0.05) is 6.92 Å². The minimum Gasteiger partial charge on any atom is -0.748 e. The molecular formula is C6H13F3NO7S3-. The van der Waals surface area contributed by atoms with Crippen LogP contribution in [0, 0.1) is 0 Å². The summed E-state index contributed by atoms with van der Waals surface area (Å²) in [4.78, 5) is 0. The highest BCUT2D eigenvalue weighted by atomic mass is 32.3. The van der Waals surface area contributed by atoms with Crippen LogP contribution in [0.3, 0.4) is 0 Å². The highest BCUT2D eigenvalue weighted by molar-refractivity contribution is 8.04. The molecule has 0 fully saturated rings. The zero-order valence-corrected chi connectivity index (χ0v) is 12.8. The van der Waals surface area contributed by atoms with Gasteiger partial charge < -0.3 is 4.55 Å². The molecule has 0 aromatic heterocycles. The molecular weight excluding hydrogens is 351 g/mol. The lowest BCUT2D eigenvalue weighted by Gasteiger charge is -2.08. The van der Waals surface area contributed by atoms with E-state index < -0.39 is 47.8 Å². The molecule has 20 heavy (non-hydrogen) atoms. The Labute approximate surface area is 115 Å². The van der Waals surface area contributed by atoms with E-state index in [2.05, 4.69) is 0 Å². The largest absolute Gasteiger partial charge is 0.748 e. The molecule has 0 aliphatic carbocycles. The summed E-state index contributed by atoms with van der Waals surface area (Å²) >= 11 is 0. The molecule has 0 saturated heterocycles. The van der Waals surface area contributed by atoms with E-state index in [0.717, 1.165) is 11.1 Å². The number of nitrogens with one attached hydrogen (secondary N) is 1. The van der Waals surface area contributed by atoms with E-state index in [1.165, 1.54) is 6.92 Å². The van der Waals surface area contributed by atoms with Crippen LogP contribution in [0.2, 0.25) is 0 Å². The SMILES string of the molecule is CCS(=O)(=O)NS(=O)(=O)CC(F)(F)F.CCS(=O)(=O)[O-]. The quantitative estimate of drug-likeness (QED) is 0.641. The van der Waals surface area contributed by atoms with Crippen molar-refractivity contribution >= 4 is 30.2 Å². The number of halogens is 3. The van der Waals surface area contributed by atoms with Gasteiger partial charge in [-0.3, -0.25) is 0 Å². The number of rotatable bonds is 5. The van der Waals surface area contributed by atoms with Crippen LogP contribution in [0.25, 0.3) is 0 Å². The zero-order chi connectivity index (χ0) is 16.8. The van der Waals surface area contributed by atoms with Gasteiger partial charge in [0.2, 0.25) is 20.0 Å². The topological polar surface area (TPSA) is 138 Å². The van der Waals surface area contributed by atoms with Crippen LogP contribution in [0.1, 0.15) is 13.8 Å². The van der Waals surface area contributed by atoms with Crippen LogP contribution in [-0.4, -0.2) is 53.2 Å². The van der Waals surface area contributed by atoms with Gasteiger partial charge in [0.25, 0.3) is 0 Å². The van der Waals surface area contributed by atoms with E-state index in [0.29, 0.717) is 0 Å². The summed E-state index contributed by atoms with van der Waals surface area (Å²) in [5.74, 6) is -3.13. The molecule has 0 atom stereocenters. The van der Waals surface area contributed by atoms with Crippen molar-refractivity contribution in [1.29, 1.82) is 0 Å². The molecule has 0 unspecified atom stereocenters. The molecule has 0 radical (unpaired) electrons. The van der Waals surface area contributed by atoms with E-state index >= 15 is 0 Å². The first-order valence-electron chi connectivity index (χ1n) is 4.78. The lowest BCUT2D eigenvalue weighted by molar-refractivity contribution is -0.106. The third kappa shape index (κ3) is 15.6. The summed E-state index contributed by atoms with van der Waals surface area (Å²) in [6.07, 6.45) is -4.96. The maximum Gasteiger partial charge on any atom is 0.404 e. The maximum atomic E-state index is 11.6. The lowest BCUT2D eigenvalue weighted by atomic mass is 10.8. The van der Waals surface area contributed by atoms with Gasteiger partial charge in [-0.05, 0) is 6.92 Å². The number of hydrogen-bond donors (Lipinski definition) is 1. The van der Waals surface area contributed by atoms with Crippen LogP contribution in [0.5, 0.6) is 0 Å². The second-order valence-corrected chi connectivity index (χ2v) is 8.89. The molecule has 0 bridgehead atoms. The molecule has 0 aliphatic heterocycles. The van der Waals surface area contributed by atoms with Crippen molar-refractivity contribution in [2.24, 2.45) is 0 Å². The summed E-state index contributed by atoms with van der Waals surface area (Å²) in [6.45, 7) is 2.41. The van der Waals surface area contributed by atoms with E-state index in [1.807, 2.05) is 0 Å². The predicted molar refractivity (Wildman–Crippen MR) is 62.7 cm³/mol. The van der Waals surface area contributed by atoms with Gasteiger partial charge in [-0.2, -0.15) is 13.2 Å². The van der Waals surface area contributed by atoms with Gasteiger partial charge in [0.05, 0.1) is 15.9 Å². The van der Waals surface area contributed by atoms with Gasteiger partial charge in [0.1, 0.15) is 0 Å². The number of sulfonamides is 2. The van der Waals surface area contributed by atoms with Gasteiger partial charge in [0, 0.05) is 5.75 Å². The molecule has 0 aliphatic rings. The van der Waals surface area contributed by atoms with Crippen molar-refractivity contribution in [1.82, 2.24) is 4.13 Å². The van der Waals surface area contributed by atoms with E-state index in [4.69, 9.17) is 0 Å². The van der Waals surface area contributed by atoms with Crippen molar-refractivity contribution in [3.63, 3.8) is 0 Å². The van der Waals surface area contributed by atoms with Crippen LogP contribution < -0.4 is 4.13 Å². The van der Waals surface area contributed by atoms with Crippen molar-refractivity contribution in [2.45, 2.75) is 20.0 Å². The number of hydrogen-bond acceptors (Lipinski definition) is 7. The molecule has 0 saturated carbocycles. The average molecular weight is 364 g/mol. The van der Waals surface area contributed by atoms with Crippen molar-refractivity contribution < 1.29 is 43.0 Å². The molecule has 14 heteroatoms. The Balaban J connectivity index is 0. The zero-order valence-electron chi connectivity index (χ0n) is 10.3. The predicted octanol–water partition coefficient (Wildman–Crippen LogP) is -0.631. The van der Waals surface area contributed by atoms with E-state index in [-0.39, 0.29) is 5.75 Å². The average Bonchev–Trinajstić information content (AvgIpc) is 2.11. The molecule has 8 nitrogen and oxygen atoms in total. The molecule has 124 valence electrons. The van der Waals surface area contributed by atoms with Crippen molar-refractivity contribution in [2.75, 3.05) is 17.3 Å². The van der Waals surface area contributed by atoms with Gasteiger partial charge in [-0.25, -0.2) is 25.3 Å². The Bertz CT molecular complexity index is 590. The van der Waals surface area contributed by atoms with Crippen molar-refractivity contribution in [3.8, 4) is 0 Å². The Morgan fingerprint density at radius 3 is 1.45 bits per heavy atom. The fraction of sp³-hybridized carbons (Fsp3) is 1.00. The Kier molecular flexibility index (Phi) is 8.23. The van der Waals surface area contributed by atoms with E-state index in [1.54, 1.807) is 0 Å². The van der Waals surface area contributed by atoms with Crippen LogP contribution in [0.15, 0.2) is 0 Å². The Morgan fingerprint density at radius 2 is 1.25 bits per heavy atom. The summed E-state index contributed by atoms with van der Waals surface area (Å²) in [7, 11) is -13.0. The first-order valence-corrected chi connectivity index (χ1v) is 9.66. The van der Waals surface area contributed by atoms with Gasteiger partial charge in [0.15, 0.2) is 5.75 Å². The van der Waals surface area contributed by atoms with Gasteiger partial charge >= 0.3 is 6.18 Å². The van der Waals surface area contributed by atoms with Crippen LogP contribution in [-0.2, 0) is 30.2 Å². The Hall–Kier alpha value is -0.440. The number of alkyl halides is 3. The normalized spacial score (nSPS) is 13.5. The lowest BCUT2D eigenvalue weighted by Crippen LogP contribution is -2.38. The van der Waals surface area contributed by atoms with E-state index in [9.17, 15) is 43.0 Å². The van der Waals surface area contributed by atoms with Crippen LogP contribution >= 0.6 is 0 Å². The highest BCUT2D eigenvalue weighted by Crippen LogP contribution is 2.16.